The van der Waals surface area contributed by atoms with Gasteiger partial charge < -0.3 is 39.6 Å². The number of phenolic OH excluding ortho intramolecular Hbond substituents is 1. The lowest BCUT2D eigenvalue weighted by Gasteiger charge is -2.53. The van der Waals surface area contributed by atoms with Gasteiger partial charge in [-0.05, 0) is 79.1 Å². The molecule has 9 heteroatoms. The zero-order valence-electron chi connectivity index (χ0n) is 30.3. The van der Waals surface area contributed by atoms with Gasteiger partial charge in [-0.1, -0.05) is 61.4 Å². The van der Waals surface area contributed by atoms with Crippen LogP contribution in [0.5, 0.6) is 11.5 Å². The molecule has 4 fully saturated rings. The number of pyridine rings is 1. The number of piperidine rings is 3. The number of ether oxygens (including phenoxy) is 2. The van der Waals surface area contributed by atoms with Gasteiger partial charge in [0.15, 0.2) is 0 Å². The molecule has 4 aliphatic rings. The summed E-state index contributed by atoms with van der Waals surface area (Å²) in [6.45, 7) is 6.79. The number of hydrogen-bond acceptors (Lipinski definition) is 7. The maximum absolute atomic E-state index is 12.0. The van der Waals surface area contributed by atoms with E-state index in [1.807, 2.05) is 18.2 Å². The van der Waals surface area contributed by atoms with Gasteiger partial charge in [-0.3, -0.25) is 4.79 Å². The molecule has 1 saturated carbocycles. The third kappa shape index (κ3) is 8.40. The van der Waals surface area contributed by atoms with Crippen molar-refractivity contribution in [1.29, 1.82) is 0 Å². The van der Waals surface area contributed by atoms with E-state index in [1.54, 1.807) is 12.1 Å². The summed E-state index contributed by atoms with van der Waals surface area (Å²) in [5, 5.41) is 36.9. The summed E-state index contributed by atoms with van der Waals surface area (Å²) in [7, 11) is 0. The fraction of sp³-hybridized carbons (Fsp3) is 0.512. The first-order chi connectivity index (χ1) is 25.3. The molecule has 0 amide bonds. The SMILES string of the molecule is O=c1ccc2c([C@@H](O)CNCCCc3ccc(OCCC[N+]45CCC(CC4)[C@@H](OCC(O)(c4ccccc4)C4CCCC4)C5)cc3)ccc(O)c2[nH]1. The Hall–Kier alpha value is -3.73. The quantitative estimate of drug-likeness (QED) is 0.0677. The number of aromatic amines is 1. The third-order valence-corrected chi connectivity index (χ3v) is 12.3. The molecule has 4 heterocycles. The monoisotopic (exact) mass is 710 g/mol. The Kier molecular flexibility index (Phi) is 11.6. The summed E-state index contributed by atoms with van der Waals surface area (Å²) in [6, 6.07) is 24.9. The molecule has 278 valence electrons. The molecule has 1 aliphatic carbocycles. The molecule has 3 atom stereocenters. The molecule has 4 aromatic rings. The second-order valence-electron chi connectivity index (χ2n) is 15.6. The maximum atomic E-state index is 12.0. The van der Waals surface area contributed by atoms with Crippen LogP contribution in [0.1, 0.15) is 74.2 Å². The van der Waals surface area contributed by atoms with Gasteiger partial charge in [-0.15, -0.1) is 0 Å². The van der Waals surface area contributed by atoms with E-state index in [0.29, 0.717) is 42.1 Å². The Morgan fingerprint density at radius 1 is 0.923 bits per heavy atom. The average molecular weight is 711 g/mol. The highest BCUT2D eigenvalue weighted by Crippen LogP contribution is 2.43. The van der Waals surface area contributed by atoms with Gasteiger partial charge in [-0.2, -0.15) is 0 Å². The normalized spacial score (nSPS) is 23.5. The lowest BCUT2D eigenvalue weighted by atomic mass is 9.80. The summed E-state index contributed by atoms with van der Waals surface area (Å²) in [5.74, 6) is 1.75. The molecule has 3 aromatic carbocycles. The van der Waals surface area contributed by atoms with Crippen molar-refractivity contribution in [3.8, 4) is 11.5 Å². The number of H-pyrrole nitrogens is 1. The number of quaternary nitrogens is 1. The summed E-state index contributed by atoms with van der Waals surface area (Å²) in [5.41, 5.74) is 2.05. The van der Waals surface area contributed by atoms with Crippen LogP contribution in [-0.4, -0.2) is 83.4 Å². The number of aromatic nitrogens is 1. The molecule has 3 aliphatic heterocycles. The van der Waals surface area contributed by atoms with Gasteiger partial charge in [0.2, 0.25) is 5.56 Å². The number of aryl methyl sites for hydroxylation is 1. The zero-order chi connectivity index (χ0) is 36.0. The Labute approximate surface area is 307 Å². The van der Waals surface area contributed by atoms with Crippen LogP contribution in [0.3, 0.4) is 0 Å². The van der Waals surface area contributed by atoms with Crippen molar-refractivity contribution in [2.45, 2.75) is 75.6 Å². The molecule has 8 rings (SSSR count). The molecule has 1 aromatic heterocycles. The summed E-state index contributed by atoms with van der Waals surface area (Å²) >= 11 is 0. The Morgan fingerprint density at radius 3 is 2.46 bits per heavy atom. The van der Waals surface area contributed by atoms with E-state index in [1.165, 1.54) is 56.5 Å². The maximum Gasteiger partial charge on any atom is 0.248 e. The number of nitrogens with zero attached hydrogens (tertiary/aromatic N) is 1. The summed E-state index contributed by atoms with van der Waals surface area (Å²) in [6.07, 6.45) is 9.23. The van der Waals surface area contributed by atoms with E-state index < -0.39 is 11.7 Å². The molecule has 1 unspecified atom stereocenters. The van der Waals surface area contributed by atoms with Crippen molar-refractivity contribution in [1.82, 2.24) is 10.3 Å². The standard InChI is InChI=1S/C43H55N3O6/c47-38-19-17-36(37-18-20-41(49)45-42(37)38)39(48)28-44-23-6-8-31-13-15-35(16-14-31)51-27-7-24-46-25-21-32(22-26-46)40(29-46)52-30-43(50,34-11-4-5-12-34)33-9-2-1-3-10-33/h1-3,9-10,13-20,32,34,39-40,44,48,50H,4-8,11-12,21-30H2,(H-,45,47,49)/p+1/t32?,39-,40-,43?,46?/m0/s1. The van der Waals surface area contributed by atoms with Crippen molar-refractivity contribution in [3.05, 3.63) is 106 Å². The predicted molar refractivity (Wildman–Crippen MR) is 203 cm³/mol. The minimum atomic E-state index is -0.908. The first-order valence-electron chi connectivity index (χ1n) is 19.5. The second-order valence-corrected chi connectivity index (χ2v) is 15.6. The molecule has 3 saturated heterocycles. The van der Waals surface area contributed by atoms with Crippen LogP contribution in [0.2, 0.25) is 0 Å². The van der Waals surface area contributed by atoms with Crippen molar-refractivity contribution in [3.63, 3.8) is 0 Å². The first kappa shape index (κ1) is 36.6. The van der Waals surface area contributed by atoms with E-state index in [4.69, 9.17) is 9.47 Å². The number of nitrogens with one attached hydrogen (secondary N) is 2. The van der Waals surface area contributed by atoms with Crippen LogP contribution in [0.15, 0.2) is 83.7 Å². The molecular formula is C43H56N3O6+. The lowest BCUT2D eigenvalue weighted by molar-refractivity contribution is -0.946. The van der Waals surface area contributed by atoms with Crippen molar-refractivity contribution in [2.24, 2.45) is 11.8 Å². The smallest absolute Gasteiger partial charge is 0.248 e. The predicted octanol–water partition coefficient (Wildman–Crippen LogP) is 5.96. The molecular weight excluding hydrogens is 654 g/mol. The number of aliphatic hydroxyl groups is 2. The van der Waals surface area contributed by atoms with Crippen LogP contribution in [0, 0.1) is 11.8 Å². The minimum Gasteiger partial charge on any atom is -0.506 e. The van der Waals surface area contributed by atoms with E-state index >= 15 is 0 Å². The van der Waals surface area contributed by atoms with Crippen LogP contribution in [0.25, 0.3) is 10.9 Å². The topological polar surface area (TPSA) is 124 Å². The molecule has 5 N–H and O–H groups in total. The van der Waals surface area contributed by atoms with Crippen LogP contribution in [-0.2, 0) is 16.8 Å². The van der Waals surface area contributed by atoms with Crippen molar-refractivity contribution in [2.75, 3.05) is 52.5 Å². The third-order valence-electron chi connectivity index (χ3n) is 12.3. The van der Waals surface area contributed by atoms with E-state index in [9.17, 15) is 20.1 Å². The van der Waals surface area contributed by atoms with Gasteiger partial charge in [0.1, 0.15) is 29.7 Å². The Balaban J connectivity index is 0.818. The summed E-state index contributed by atoms with van der Waals surface area (Å²) in [4.78, 5) is 14.3. The molecule has 0 radical (unpaired) electrons. The van der Waals surface area contributed by atoms with Gasteiger partial charge in [0.25, 0.3) is 0 Å². The fourth-order valence-electron chi connectivity index (χ4n) is 9.18. The molecule has 52 heavy (non-hydrogen) atoms. The van der Waals surface area contributed by atoms with Crippen molar-refractivity contribution < 1.29 is 29.3 Å². The highest BCUT2D eigenvalue weighted by molar-refractivity contribution is 5.87. The number of fused-ring (bicyclic) bond motifs is 4. The van der Waals surface area contributed by atoms with Crippen molar-refractivity contribution >= 4 is 10.9 Å². The summed E-state index contributed by atoms with van der Waals surface area (Å²) < 4.78 is 14.0. The van der Waals surface area contributed by atoms with Gasteiger partial charge in [-0.25, -0.2) is 0 Å². The number of benzene rings is 3. The largest absolute Gasteiger partial charge is 0.506 e. The number of rotatable bonds is 17. The Bertz CT molecular complexity index is 1800. The minimum absolute atomic E-state index is 0.0118. The number of aromatic hydroxyl groups is 1. The number of phenols is 1. The molecule has 9 nitrogen and oxygen atoms in total. The highest BCUT2D eigenvalue weighted by Gasteiger charge is 2.48. The van der Waals surface area contributed by atoms with Gasteiger partial charge >= 0.3 is 0 Å². The lowest BCUT2D eigenvalue weighted by Crippen LogP contribution is -2.65. The second kappa shape index (κ2) is 16.5. The van der Waals surface area contributed by atoms with Crippen LogP contribution in [0.4, 0.5) is 0 Å². The number of aliphatic hydroxyl groups excluding tert-OH is 1. The highest BCUT2D eigenvalue weighted by atomic mass is 16.5. The zero-order valence-corrected chi connectivity index (χ0v) is 30.3. The van der Waals surface area contributed by atoms with E-state index in [2.05, 4.69) is 46.7 Å². The molecule has 0 spiro atoms. The van der Waals surface area contributed by atoms with Gasteiger partial charge in [0, 0.05) is 43.2 Å². The van der Waals surface area contributed by atoms with E-state index in [-0.39, 0.29) is 23.3 Å². The molecule has 2 bridgehead atoms. The van der Waals surface area contributed by atoms with Crippen LogP contribution >= 0.6 is 0 Å². The van der Waals surface area contributed by atoms with Gasteiger partial charge in [0.05, 0.1) is 44.5 Å². The average Bonchev–Trinajstić information content (AvgIpc) is 3.73. The van der Waals surface area contributed by atoms with E-state index in [0.717, 1.165) is 67.5 Å². The Morgan fingerprint density at radius 2 is 1.69 bits per heavy atom. The van der Waals surface area contributed by atoms with Crippen LogP contribution < -0.4 is 15.6 Å². The first-order valence-corrected chi connectivity index (χ1v) is 19.5. The fourth-order valence-corrected chi connectivity index (χ4v) is 9.18. The number of hydrogen-bond donors (Lipinski definition) is 5.